The molecule has 0 aliphatic rings. The molecule has 0 heterocycles. The van der Waals surface area contributed by atoms with Gasteiger partial charge in [-0.2, -0.15) is 12.8 Å². The van der Waals surface area contributed by atoms with Crippen molar-refractivity contribution in [3.05, 3.63) is 102 Å². The van der Waals surface area contributed by atoms with Gasteiger partial charge < -0.3 is 19.4 Å². The quantitative estimate of drug-likeness (QED) is 0.0268. The molecule has 0 aliphatic heterocycles. The van der Waals surface area contributed by atoms with Crippen LogP contribution in [0, 0.1) is 13.8 Å². The van der Waals surface area contributed by atoms with Crippen LogP contribution in [0.5, 0.6) is 0 Å². The van der Waals surface area contributed by atoms with Gasteiger partial charge in [0.05, 0.1) is 6.08 Å². The van der Waals surface area contributed by atoms with Crippen LogP contribution in [0.1, 0.15) is 160 Å². The summed E-state index contributed by atoms with van der Waals surface area (Å²) in [6.07, 6.45) is 23.5. The molecule has 0 radical (unpaired) electrons. The third kappa shape index (κ3) is 21.7. The first-order valence-electron chi connectivity index (χ1n) is 17.5. The molecule has 0 atom stereocenters. The number of allylic oxidation sites excluding steroid dienone is 2. The number of hydrogen-bond acceptors (Lipinski definition) is 0. The van der Waals surface area contributed by atoms with Crippen LogP contribution in [0.2, 0.25) is 0 Å². The molecule has 0 saturated heterocycles. The van der Waals surface area contributed by atoms with E-state index in [-0.39, 0.29) is 20.4 Å². The standard InChI is InChI=1S/C29H38N2.2C6H13.Pd/c1-4-7-10-14-25-16-12-19-28(23-25)29(26(17-9-6-3)20-21-31-30)27-18-11-15-24(22-27)13-8-5-2;2*1-3-5-6-4-2;/h11-12,15-16,18-20,22-23H,4-10,13-14,17H2,1-3H3;2*1,3-6H2,2H3;/q;2*-1;+2. The topological polar surface area (TPSA) is 36.4 Å². The van der Waals surface area contributed by atoms with Crippen molar-refractivity contribution in [2.75, 3.05) is 0 Å². The van der Waals surface area contributed by atoms with Crippen molar-refractivity contribution in [3.8, 4) is 0 Å². The Morgan fingerprint density at radius 1 is 0.659 bits per heavy atom. The van der Waals surface area contributed by atoms with E-state index in [0.717, 1.165) is 44.9 Å². The summed E-state index contributed by atoms with van der Waals surface area (Å²) in [7, 11) is 0. The molecule has 0 N–H and O–H groups in total. The molecule has 248 valence electrons. The Balaban J connectivity index is 0. The summed E-state index contributed by atoms with van der Waals surface area (Å²) in [5, 5.41) is 0. The van der Waals surface area contributed by atoms with Crippen LogP contribution in [0.3, 0.4) is 0 Å². The van der Waals surface area contributed by atoms with E-state index in [0.29, 0.717) is 0 Å². The number of benzene rings is 2. The zero-order chi connectivity index (χ0) is 32.0. The summed E-state index contributed by atoms with van der Waals surface area (Å²) in [5.74, 6) is 2.68. The Morgan fingerprint density at radius 3 is 1.52 bits per heavy atom. The molecule has 0 bridgehead atoms. The average Bonchev–Trinajstić information content (AvgIpc) is 3.04. The monoisotopic (exact) mass is 690 g/mol. The molecule has 44 heavy (non-hydrogen) atoms. The molecule has 0 fully saturated rings. The molecular weight excluding hydrogens is 627 g/mol. The van der Waals surface area contributed by atoms with Crippen molar-refractivity contribution < 1.29 is 25.2 Å². The minimum absolute atomic E-state index is 0. The first-order valence-corrected chi connectivity index (χ1v) is 17.5. The summed E-state index contributed by atoms with van der Waals surface area (Å²) >= 11 is 0. The Morgan fingerprint density at radius 2 is 1.11 bits per heavy atom. The third-order valence-electron chi connectivity index (χ3n) is 7.44. The molecule has 2 aromatic carbocycles. The van der Waals surface area contributed by atoms with Crippen LogP contribution >= 0.6 is 0 Å². The molecule has 2 rings (SSSR count). The summed E-state index contributed by atoms with van der Waals surface area (Å²) in [5.41, 5.74) is 16.7. The van der Waals surface area contributed by atoms with Gasteiger partial charge in [0.15, 0.2) is 0 Å². The minimum atomic E-state index is 0. The molecule has 0 spiro atoms. The number of nitrogens with zero attached hydrogens (tertiary/aromatic N) is 2. The van der Waals surface area contributed by atoms with E-state index in [9.17, 15) is 0 Å². The summed E-state index contributed by atoms with van der Waals surface area (Å²) in [4.78, 5) is 3.14. The Labute approximate surface area is 287 Å². The molecule has 0 saturated carbocycles. The first-order chi connectivity index (χ1) is 21.1. The maximum absolute atomic E-state index is 9.03. The molecule has 0 aliphatic carbocycles. The fourth-order valence-electron chi connectivity index (χ4n) is 4.86. The second kappa shape index (κ2) is 32.4. The molecule has 0 amide bonds. The van der Waals surface area contributed by atoms with E-state index >= 15 is 0 Å². The predicted molar refractivity (Wildman–Crippen MR) is 192 cm³/mol. The first kappa shape index (κ1) is 44.1. The smallest absolute Gasteiger partial charge is 0.348 e. The second-order valence-corrected chi connectivity index (χ2v) is 11.5. The van der Waals surface area contributed by atoms with Crippen LogP contribution in [-0.2, 0) is 33.3 Å². The van der Waals surface area contributed by atoms with Gasteiger partial charge in [-0.15, -0.1) is 4.79 Å². The molecule has 2 aromatic rings. The fourth-order valence-corrected chi connectivity index (χ4v) is 4.86. The van der Waals surface area contributed by atoms with Crippen LogP contribution in [0.15, 0.2) is 60.2 Å². The Bertz CT molecular complexity index is 1040. The van der Waals surface area contributed by atoms with Gasteiger partial charge in [-0.05, 0) is 71.9 Å². The van der Waals surface area contributed by atoms with Gasteiger partial charge in [-0.3, -0.25) is 0 Å². The minimum Gasteiger partial charge on any atom is -0.348 e. The fraction of sp³-hybridized carbons (Fsp3) is 0.561. The van der Waals surface area contributed by atoms with Crippen LogP contribution in [-0.4, -0.2) is 10.7 Å². The molecule has 2 nitrogen and oxygen atoms in total. The van der Waals surface area contributed by atoms with Crippen molar-refractivity contribution in [3.63, 3.8) is 0 Å². The van der Waals surface area contributed by atoms with Crippen molar-refractivity contribution >= 4 is 11.4 Å². The van der Waals surface area contributed by atoms with E-state index in [2.05, 4.69) is 108 Å². The summed E-state index contributed by atoms with van der Waals surface area (Å²) in [6.45, 7) is 18.5. The van der Waals surface area contributed by atoms with Crippen molar-refractivity contribution in [2.45, 2.75) is 150 Å². The van der Waals surface area contributed by atoms with Gasteiger partial charge in [-0.25, -0.2) is 0 Å². The van der Waals surface area contributed by atoms with Crippen LogP contribution in [0.25, 0.3) is 11.1 Å². The van der Waals surface area contributed by atoms with Gasteiger partial charge in [0, 0.05) is 0 Å². The van der Waals surface area contributed by atoms with E-state index in [1.54, 1.807) is 0 Å². The Kier molecular flexibility index (Phi) is 32.5. The maximum Gasteiger partial charge on any atom is 2.00 e. The summed E-state index contributed by atoms with van der Waals surface area (Å²) < 4.78 is 0. The average molecular weight is 691 g/mol. The van der Waals surface area contributed by atoms with Gasteiger partial charge >= 0.3 is 20.4 Å². The number of rotatable bonds is 19. The second-order valence-electron chi connectivity index (χ2n) is 11.5. The molecule has 0 unspecified atom stereocenters. The number of aryl methyl sites for hydroxylation is 2. The van der Waals surface area contributed by atoms with Crippen LogP contribution in [0.4, 0.5) is 0 Å². The third-order valence-corrected chi connectivity index (χ3v) is 7.44. The molecule has 0 aromatic heterocycles. The van der Waals surface area contributed by atoms with E-state index in [1.165, 1.54) is 104 Å². The number of unbranched alkanes of at least 4 members (excludes halogenated alkanes) is 10. The maximum atomic E-state index is 9.03. The molecular formula is C41H64N2Pd. The van der Waals surface area contributed by atoms with Crippen molar-refractivity contribution in [1.82, 2.24) is 0 Å². The number of hydrogen-bond donors (Lipinski definition) is 0. The van der Waals surface area contributed by atoms with E-state index in [1.807, 2.05) is 6.08 Å². The van der Waals surface area contributed by atoms with Gasteiger partial charge in [0.1, 0.15) is 0 Å². The van der Waals surface area contributed by atoms with Crippen molar-refractivity contribution in [1.29, 1.82) is 0 Å². The predicted octanol–water partition coefficient (Wildman–Crippen LogP) is 13.0. The zero-order valence-corrected chi connectivity index (χ0v) is 30.6. The van der Waals surface area contributed by atoms with E-state index < -0.39 is 0 Å². The van der Waals surface area contributed by atoms with Gasteiger partial charge in [0.25, 0.3) is 5.87 Å². The van der Waals surface area contributed by atoms with Crippen molar-refractivity contribution in [2.24, 2.45) is 0 Å². The zero-order valence-electron chi connectivity index (χ0n) is 29.0. The van der Waals surface area contributed by atoms with Gasteiger partial charge in [-0.1, -0.05) is 147 Å². The van der Waals surface area contributed by atoms with E-state index in [4.69, 9.17) is 5.53 Å². The SMILES string of the molecule is CCCCCc1cccc(C(=C(C=C=[N+]=[N-])CCCC)c2cccc(CCCC)c2)c1.[CH2-]CCCCC.[CH2-]CCCCC.[Pd+2]. The molecule has 3 heteroatoms. The largest absolute Gasteiger partial charge is 2.00 e. The van der Waals surface area contributed by atoms with Gasteiger partial charge in [0.2, 0.25) is 0 Å². The Hall–Kier alpha value is -2.00. The normalized spacial score (nSPS) is 10.5. The van der Waals surface area contributed by atoms with Crippen LogP contribution < -0.4 is 0 Å². The summed E-state index contributed by atoms with van der Waals surface area (Å²) in [6, 6.07) is 17.9.